The number of hydrogen-bond acceptors (Lipinski definition) is 4. The molecule has 0 amide bonds. The summed E-state index contributed by atoms with van der Waals surface area (Å²) in [4.78, 5) is 0.252. The molecule has 0 unspecified atom stereocenters. The molecule has 5 nitrogen and oxygen atoms in total. The van der Waals surface area contributed by atoms with Crippen LogP contribution in [0, 0.1) is 0 Å². The highest BCUT2D eigenvalue weighted by Crippen LogP contribution is 2.19. The van der Waals surface area contributed by atoms with Crippen LogP contribution in [0.1, 0.15) is 6.92 Å². The lowest BCUT2D eigenvalue weighted by Crippen LogP contribution is -2.28. The molecule has 1 N–H and O–H groups in total. The first-order valence-electron chi connectivity index (χ1n) is 6.36. The first-order valence-corrected chi connectivity index (χ1v) is 7.80. The highest BCUT2D eigenvalue weighted by molar-refractivity contribution is 7.89. The lowest BCUT2D eigenvalue weighted by molar-refractivity contribution is 0.318. The Morgan fingerprint density at radius 1 is 1.35 bits per heavy atom. The Kier molecular flexibility index (Phi) is 6.19. The van der Waals surface area contributed by atoms with Gasteiger partial charge in [-0.1, -0.05) is 12.2 Å². The molecule has 0 aliphatic rings. The Bertz CT molecular complexity index is 538. The van der Waals surface area contributed by atoms with Crippen LogP contribution >= 0.6 is 0 Å². The van der Waals surface area contributed by atoms with Crippen LogP contribution in [0.15, 0.2) is 41.3 Å². The van der Waals surface area contributed by atoms with Crippen LogP contribution in [0.4, 0.5) is 0 Å². The van der Waals surface area contributed by atoms with Crippen molar-refractivity contribution in [2.24, 2.45) is 0 Å². The maximum atomic E-state index is 12.3. The van der Waals surface area contributed by atoms with Crippen molar-refractivity contribution in [3.8, 4) is 5.75 Å². The van der Waals surface area contributed by atoms with Crippen molar-refractivity contribution in [3.63, 3.8) is 0 Å². The summed E-state index contributed by atoms with van der Waals surface area (Å²) < 4.78 is 31.3. The predicted molar refractivity (Wildman–Crippen MR) is 80.5 cm³/mol. The van der Waals surface area contributed by atoms with Gasteiger partial charge in [-0.2, -0.15) is 4.31 Å². The van der Waals surface area contributed by atoms with Crippen molar-refractivity contribution in [1.82, 2.24) is 9.62 Å². The SMILES string of the molecule is C=C(C)CN(C)S(=O)(=O)c1ccc(OCCNC)cc1. The zero-order valence-electron chi connectivity index (χ0n) is 12.2. The first-order chi connectivity index (χ1) is 9.37. The van der Waals surface area contributed by atoms with Gasteiger partial charge in [-0.05, 0) is 38.2 Å². The number of nitrogens with one attached hydrogen (secondary N) is 1. The van der Waals surface area contributed by atoms with Crippen LogP contribution in [0.25, 0.3) is 0 Å². The molecule has 0 aromatic heterocycles. The van der Waals surface area contributed by atoms with E-state index >= 15 is 0 Å². The van der Waals surface area contributed by atoms with Gasteiger partial charge in [0.15, 0.2) is 0 Å². The summed E-state index contributed by atoms with van der Waals surface area (Å²) in [5, 5.41) is 2.97. The molecule has 0 atom stereocenters. The zero-order chi connectivity index (χ0) is 15.2. The number of hydrogen-bond donors (Lipinski definition) is 1. The van der Waals surface area contributed by atoms with Gasteiger partial charge < -0.3 is 10.1 Å². The van der Waals surface area contributed by atoms with Gasteiger partial charge in [-0.3, -0.25) is 0 Å². The first kappa shape index (κ1) is 16.7. The molecular formula is C14H22N2O3S. The third kappa shape index (κ3) is 4.63. The maximum Gasteiger partial charge on any atom is 0.243 e. The number of likely N-dealkylation sites (N-methyl/N-ethyl adjacent to an activating group) is 2. The molecular weight excluding hydrogens is 276 g/mol. The van der Waals surface area contributed by atoms with E-state index in [0.717, 1.165) is 12.1 Å². The lowest BCUT2D eigenvalue weighted by Gasteiger charge is -2.17. The van der Waals surface area contributed by atoms with E-state index in [9.17, 15) is 8.42 Å². The fourth-order valence-electron chi connectivity index (χ4n) is 1.62. The average Bonchev–Trinajstić information content (AvgIpc) is 2.39. The Morgan fingerprint density at radius 3 is 2.45 bits per heavy atom. The number of rotatable bonds is 8. The van der Waals surface area contributed by atoms with E-state index in [-0.39, 0.29) is 4.90 Å². The molecule has 0 aliphatic heterocycles. The number of benzene rings is 1. The minimum atomic E-state index is -3.47. The molecule has 0 bridgehead atoms. The fraction of sp³-hybridized carbons (Fsp3) is 0.429. The van der Waals surface area contributed by atoms with Gasteiger partial charge in [0.1, 0.15) is 12.4 Å². The molecule has 0 spiro atoms. The Hall–Kier alpha value is -1.37. The number of sulfonamides is 1. The molecule has 0 radical (unpaired) electrons. The molecule has 20 heavy (non-hydrogen) atoms. The Morgan fingerprint density at radius 2 is 1.95 bits per heavy atom. The lowest BCUT2D eigenvalue weighted by atomic mass is 10.3. The Labute approximate surface area is 121 Å². The summed E-state index contributed by atoms with van der Waals surface area (Å²) in [5.74, 6) is 0.654. The summed E-state index contributed by atoms with van der Waals surface area (Å²) in [7, 11) is -0.0847. The molecule has 1 aromatic carbocycles. The monoisotopic (exact) mass is 298 g/mol. The van der Waals surface area contributed by atoms with Gasteiger partial charge in [-0.25, -0.2) is 8.42 Å². The summed E-state index contributed by atoms with van der Waals surface area (Å²) in [6.45, 7) is 7.11. The van der Waals surface area contributed by atoms with Crippen LogP contribution in [0.2, 0.25) is 0 Å². The smallest absolute Gasteiger partial charge is 0.243 e. The highest BCUT2D eigenvalue weighted by Gasteiger charge is 2.20. The third-order valence-corrected chi connectivity index (χ3v) is 4.46. The minimum absolute atomic E-state index is 0.252. The van der Waals surface area contributed by atoms with E-state index < -0.39 is 10.0 Å². The van der Waals surface area contributed by atoms with E-state index in [0.29, 0.717) is 18.9 Å². The Balaban J connectivity index is 2.79. The van der Waals surface area contributed by atoms with Crippen molar-refractivity contribution < 1.29 is 13.2 Å². The second kappa shape index (κ2) is 7.42. The molecule has 0 saturated heterocycles. The maximum absolute atomic E-state index is 12.3. The van der Waals surface area contributed by atoms with Crippen LogP contribution in [-0.2, 0) is 10.0 Å². The normalized spacial score (nSPS) is 11.6. The summed E-state index contributed by atoms with van der Waals surface area (Å²) >= 11 is 0. The summed E-state index contributed by atoms with van der Waals surface area (Å²) in [5.41, 5.74) is 0.795. The van der Waals surface area contributed by atoms with E-state index in [2.05, 4.69) is 11.9 Å². The van der Waals surface area contributed by atoms with E-state index in [4.69, 9.17) is 4.74 Å². The predicted octanol–water partition coefficient (Wildman–Crippen LogP) is 1.48. The van der Waals surface area contributed by atoms with Crippen LogP contribution in [0.3, 0.4) is 0 Å². The van der Waals surface area contributed by atoms with Crippen LogP contribution in [-0.4, -0.2) is 46.5 Å². The van der Waals surface area contributed by atoms with Crippen molar-refractivity contribution in [2.75, 3.05) is 33.8 Å². The van der Waals surface area contributed by atoms with Gasteiger partial charge >= 0.3 is 0 Å². The minimum Gasteiger partial charge on any atom is -0.492 e. The average molecular weight is 298 g/mol. The molecule has 6 heteroatoms. The second-order valence-corrected chi connectivity index (χ2v) is 6.69. The van der Waals surface area contributed by atoms with Gasteiger partial charge in [-0.15, -0.1) is 0 Å². The molecule has 1 rings (SSSR count). The number of ether oxygens (including phenoxy) is 1. The van der Waals surface area contributed by atoms with Crippen LogP contribution in [0.5, 0.6) is 5.75 Å². The molecule has 1 aromatic rings. The summed E-state index contributed by atoms with van der Waals surface area (Å²) in [6, 6.07) is 6.44. The zero-order valence-corrected chi connectivity index (χ0v) is 13.0. The van der Waals surface area contributed by atoms with Gasteiger partial charge in [0.05, 0.1) is 4.90 Å². The van der Waals surface area contributed by atoms with Crippen molar-refractivity contribution in [1.29, 1.82) is 0 Å². The molecule has 0 heterocycles. The standard InChI is InChI=1S/C14H22N2O3S/c1-12(2)11-16(4)20(17,18)14-7-5-13(6-8-14)19-10-9-15-3/h5-8,15H,1,9-11H2,2-4H3. The molecule has 0 aliphatic carbocycles. The largest absolute Gasteiger partial charge is 0.492 e. The van der Waals surface area contributed by atoms with Crippen LogP contribution < -0.4 is 10.1 Å². The molecule has 0 saturated carbocycles. The van der Waals surface area contributed by atoms with E-state index in [1.807, 2.05) is 7.05 Å². The summed E-state index contributed by atoms with van der Waals surface area (Å²) in [6.07, 6.45) is 0. The molecule has 0 fully saturated rings. The van der Waals surface area contributed by atoms with Gasteiger partial charge in [0.2, 0.25) is 10.0 Å². The van der Waals surface area contributed by atoms with E-state index in [1.54, 1.807) is 38.2 Å². The van der Waals surface area contributed by atoms with Gasteiger partial charge in [0, 0.05) is 20.1 Å². The van der Waals surface area contributed by atoms with Crippen molar-refractivity contribution in [2.45, 2.75) is 11.8 Å². The third-order valence-electron chi connectivity index (χ3n) is 2.65. The number of nitrogens with zero attached hydrogens (tertiary/aromatic N) is 1. The van der Waals surface area contributed by atoms with E-state index in [1.165, 1.54) is 4.31 Å². The fourth-order valence-corrected chi connectivity index (χ4v) is 2.85. The van der Waals surface area contributed by atoms with Gasteiger partial charge in [0.25, 0.3) is 0 Å². The highest BCUT2D eigenvalue weighted by atomic mass is 32.2. The second-order valence-electron chi connectivity index (χ2n) is 4.64. The quantitative estimate of drug-likeness (QED) is 0.583. The van der Waals surface area contributed by atoms with Crippen molar-refractivity contribution in [3.05, 3.63) is 36.4 Å². The molecule has 112 valence electrons. The van der Waals surface area contributed by atoms with Crippen molar-refractivity contribution >= 4 is 10.0 Å². The topological polar surface area (TPSA) is 58.6 Å².